The van der Waals surface area contributed by atoms with Gasteiger partial charge < -0.3 is 10.6 Å². The van der Waals surface area contributed by atoms with Crippen molar-refractivity contribution in [2.24, 2.45) is 10.9 Å². The normalized spacial score (nSPS) is 11.0. The molecular weight excluding hydrogens is 198 g/mol. The molecule has 0 aliphatic carbocycles. The second kappa shape index (κ2) is 5.25. The summed E-state index contributed by atoms with van der Waals surface area (Å²) in [4.78, 5) is 8.97. The van der Waals surface area contributed by atoms with E-state index >= 15 is 0 Å². The molecule has 0 unspecified atom stereocenters. The van der Waals surface area contributed by atoms with Gasteiger partial charge >= 0.3 is 0 Å². The summed E-state index contributed by atoms with van der Waals surface area (Å²) >= 11 is 1.55. The summed E-state index contributed by atoms with van der Waals surface area (Å²) in [5, 5.41) is 6.52. The van der Waals surface area contributed by atoms with Crippen LogP contribution in [0.4, 0.5) is 0 Å². The lowest BCUT2D eigenvalue weighted by molar-refractivity contribution is 0.179. The maximum Gasteiger partial charge on any atom is 0.177 e. The number of rotatable bonds is 4. The molecule has 74 valence electrons. The van der Waals surface area contributed by atoms with E-state index in [0.29, 0.717) is 12.3 Å². The molecule has 14 heavy (non-hydrogen) atoms. The Balaban J connectivity index is 2.45. The van der Waals surface area contributed by atoms with Crippen molar-refractivity contribution in [1.29, 1.82) is 0 Å². The molecule has 5 heteroatoms. The summed E-state index contributed by atoms with van der Waals surface area (Å²) in [6.07, 6.45) is 5.48. The van der Waals surface area contributed by atoms with Gasteiger partial charge in [0.1, 0.15) is 10.8 Å². The number of nitrogens with two attached hydrogens (primary N) is 1. The van der Waals surface area contributed by atoms with Crippen LogP contribution in [-0.2, 0) is 11.3 Å². The van der Waals surface area contributed by atoms with Gasteiger partial charge in [0.05, 0.1) is 6.42 Å². The first-order valence-corrected chi connectivity index (χ1v) is 4.89. The van der Waals surface area contributed by atoms with Crippen LogP contribution in [0.3, 0.4) is 0 Å². The van der Waals surface area contributed by atoms with Crippen molar-refractivity contribution in [3.05, 3.63) is 16.1 Å². The van der Waals surface area contributed by atoms with E-state index in [1.165, 1.54) is 0 Å². The van der Waals surface area contributed by atoms with Crippen molar-refractivity contribution in [2.45, 2.75) is 13.3 Å². The summed E-state index contributed by atoms with van der Waals surface area (Å²) in [7, 11) is 0. The van der Waals surface area contributed by atoms with Crippen LogP contribution in [-0.4, -0.2) is 17.4 Å². The maximum absolute atomic E-state index is 5.58. The average molecular weight is 209 g/mol. The SMILES string of the molecule is C#CCON=C(N)Cc1nc(C)cs1. The monoisotopic (exact) mass is 209 g/mol. The molecule has 0 saturated heterocycles. The Morgan fingerprint density at radius 2 is 2.64 bits per heavy atom. The van der Waals surface area contributed by atoms with Crippen LogP contribution in [0.2, 0.25) is 0 Å². The molecule has 1 heterocycles. The van der Waals surface area contributed by atoms with Crippen LogP contribution in [0, 0.1) is 19.3 Å². The Hall–Kier alpha value is -1.54. The number of amidine groups is 1. The topological polar surface area (TPSA) is 60.5 Å². The molecule has 1 aromatic heterocycles. The van der Waals surface area contributed by atoms with E-state index in [0.717, 1.165) is 10.7 Å². The van der Waals surface area contributed by atoms with Crippen molar-refractivity contribution in [2.75, 3.05) is 6.61 Å². The Kier molecular flexibility index (Phi) is 3.95. The van der Waals surface area contributed by atoms with Gasteiger partial charge in [-0.25, -0.2) is 4.98 Å². The molecule has 0 spiro atoms. The number of thiazole rings is 1. The van der Waals surface area contributed by atoms with E-state index in [4.69, 9.17) is 17.0 Å². The van der Waals surface area contributed by atoms with E-state index in [9.17, 15) is 0 Å². The van der Waals surface area contributed by atoms with Crippen LogP contribution < -0.4 is 5.73 Å². The quantitative estimate of drug-likeness (QED) is 0.264. The fraction of sp³-hybridized carbons (Fsp3) is 0.333. The zero-order valence-electron chi connectivity index (χ0n) is 7.86. The zero-order chi connectivity index (χ0) is 10.4. The molecule has 0 aromatic carbocycles. The maximum atomic E-state index is 5.58. The van der Waals surface area contributed by atoms with Crippen LogP contribution >= 0.6 is 11.3 Å². The highest BCUT2D eigenvalue weighted by molar-refractivity contribution is 7.09. The highest BCUT2D eigenvalue weighted by atomic mass is 32.1. The van der Waals surface area contributed by atoms with E-state index in [1.807, 2.05) is 12.3 Å². The Labute approximate surface area is 86.8 Å². The van der Waals surface area contributed by atoms with E-state index < -0.39 is 0 Å². The number of oxime groups is 1. The Morgan fingerprint density at radius 3 is 3.21 bits per heavy atom. The first-order valence-electron chi connectivity index (χ1n) is 4.01. The highest BCUT2D eigenvalue weighted by Crippen LogP contribution is 2.08. The molecule has 1 aromatic rings. The van der Waals surface area contributed by atoms with Crippen LogP contribution in [0.5, 0.6) is 0 Å². The summed E-state index contributed by atoms with van der Waals surface area (Å²) in [5.74, 6) is 2.68. The molecule has 0 atom stereocenters. The van der Waals surface area contributed by atoms with Crippen molar-refractivity contribution in [3.8, 4) is 12.3 Å². The Morgan fingerprint density at radius 1 is 1.86 bits per heavy atom. The number of aromatic nitrogens is 1. The van der Waals surface area contributed by atoms with Gasteiger partial charge in [0.15, 0.2) is 6.61 Å². The lowest BCUT2D eigenvalue weighted by Gasteiger charge is -1.96. The van der Waals surface area contributed by atoms with E-state index in [1.54, 1.807) is 11.3 Å². The largest absolute Gasteiger partial charge is 0.384 e. The number of hydrogen-bond donors (Lipinski definition) is 1. The van der Waals surface area contributed by atoms with Crippen molar-refractivity contribution < 1.29 is 4.84 Å². The third kappa shape index (κ3) is 3.46. The lowest BCUT2D eigenvalue weighted by Crippen LogP contribution is -2.15. The van der Waals surface area contributed by atoms with Crippen molar-refractivity contribution in [1.82, 2.24) is 4.98 Å². The third-order valence-electron chi connectivity index (χ3n) is 1.33. The molecule has 0 aliphatic heterocycles. The van der Waals surface area contributed by atoms with Gasteiger partial charge in [-0.15, -0.1) is 17.8 Å². The predicted molar refractivity (Wildman–Crippen MR) is 57.0 cm³/mol. The van der Waals surface area contributed by atoms with E-state index in [-0.39, 0.29) is 6.61 Å². The molecule has 4 nitrogen and oxygen atoms in total. The molecule has 0 fully saturated rings. The van der Waals surface area contributed by atoms with Gasteiger partial charge in [-0.2, -0.15) is 0 Å². The second-order valence-electron chi connectivity index (χ2n) is 2.62. The molecule has 1 rings (SSSR count). The minimum atomic E-state index is 0.137. The standard InChI is InChI=1S/C9H11N3OS/c1-3-4-13-12-8(10)5-9-11-7(2)6-14-9/h1,6H,4-5H2,2H3,(H2,10,12). The number of terminal acetylenes is 1. The van der Waals surface area contributed by atoms with Gasteiger partial charge in [-0.3, -0.25) is 0 Å². The van der Waals surface area contributed by atoms with Gasteiger partial charge in [0.2, 0.25) is 0 Å². The minimum Gasteiger partial charge on any atom is -0.384 e. The number of aryl methyl sites for hydroxylation is 1. The molecule has 0 amide bonds. The first kappa shape index (κ1) is 10.5. The summed E-state index contributed by atoms with van der Waals surface area (Å²) in [6.45, 7) is 2.07. The summed E-state index contributed by atoms with van der Waals surface area (Å²) in [6, 6.07) is 0. The zero-order valence-corrected chi connectivity index (χ0v) is 8.67. The first-order chi connectivity index (χ1) is 6.72. The molecule has 0 radical (unpaired) electrons. The smallest absolute Gasteiger partial charge is 0.177 e. The lowest BCUT2D eigenvalue weighted by atomic mass is 10.4. The van der Waals surface area contributed by atoms with Gasteiger partial charge in [-0.05, 0) is 6.92 Å². The van der Waals surface area contributed by atoms with Crippen molar-refractivity contribution >= 4 is 17.2 Å². The molecule has 0 aliphatic rings. The van der Waals surface area contributed by atoms with Crippen LogP contribution in [0.25, 0.3) is 0 Å². The van der Waals surface area contributed by atoms with Crippen LogP contribution in [0.15, 0.2) is 10.5 Å². The third-order valence-corrected chi connectivity index (χ3v) is 2.30. The van der Waals surface area contributed by atoms with Gasteiger partial charge in [-0.1, -0.05) is 11.1 Å². The molecule has 2 N–H and O–H groups in total. The predicted octanol–water partition coefficient (Wildman–Crippen LogP) is 0.916. The van der Waals surface area contributed by atoms with Crippen molar-refractivity contribution in [3.63, 3.8) is 0 Å². The minimum absolute atomic E-state index is 0.137. The molecule has 0 saturated carbocycles. The number of hydrogen-bond acceptors (Lipinski definition) is 4. The second-order valence-corrected chi connectivity index (χ2v) is 3.56. The fourth-order valence-electron chi connectivity index (χ4n) is 0.824. The van der Waals surface area contributed by atoms with Gasteiger partial charge in [0, 0.05) is 11.1 Å². The average Bonchev–Trinajstić information content (AvgIpc) is 2.52. The van der Waals surface area contributed by atoms with E-state index in [2.05, 4.69) is 16.1 Å². The number of nitrogens with zero attached hydrogens (tertiary/aromatic N) is 2. The summed E-state index contributed by atoms with van der Waals surface area (Å²) < 4.78 is 0. The highest BCUT2D eigenvalue weighted by Gasteiger charge is 2.01. The molecule has 0 bridgehead atoms. The molecular formula is C9H11N3OS. The van der Waals surface area contributed by atoms with Crippen LogP contribution in [0.1, 0.15) is 10.7 Å². The summed E-state index contributed by atoms with van der Waals surface area (Å²) in [5.41, 5.74) is 6.57. The fourth-order valence-corrected chi connectivity index (χ4v) is 1.61. The van der Waals surface area contributed by atoms with Gasteiger partial charge in [0.25, 0.3) is 0 Å². The Bertz CT molecular complexity index is 364.